The molecular formula is C13H12ClN7O. The van der Waals surface area contributed by atoms with Crippen molar-refractivity contribution in [1.82, 2.24) is 30.0 Å². The number of fused-ring (bicyclic) bond motifs is 1. The van der Waals surface area contributed by atoms with Gasteiger partial charge in [0.1, 0.15) is 0 Å². The zero-order chi connectivity index (χ0) is 14.9. The highest BCUT2D eigenvalue weighted by molar-refractivity contribution is 6.33. The SMILES string of the molecule is Clc1ccccc1-c1nnc2nnc(N3CCOCC3)nn12. The lowest BCUT2D eigenvalue weighted by molar-refractivity contribution is 0.122. The van der Waals surface area contributed by atoms with Crippen LogP contribution in [0, 0.1) is 0 Å². The maximum atomic E-state index is 6.23. The molecule has 9 heteroatoms. The number of nitrogens with zero attached hydrogens (tertiary/aromatic N) is 7. The van der Waals surface area contributed by atoms with Crippen LogP contribution in [0.5, 0.6) is 0 Å². The Hall–Kier alpha value is -2.32. The Morgan fingerprint density at radius 2 is 1.77 bits per heavy atom. The normalized spacial score (nSPS) is 15.4. The third-order valence-electron chi connectivity index (χ3n) is 3.45. The van der Waals surface area contributed by atoms with Crippen molar-refractivity contribution in [3.05, 3.63) is 29.3 Å². The number of aromatic nitrogens is 6. The highest BCUT2D eigenvalue weighted by Crippen LogP contribution is 2.25. The third kappa shape index (κ3) is 2.26. The summed E-state index contributed by atoms with van der Waals surface area (Å²) < 4.78 is 6.90. The van der Waals surface area contributed by atoms with Crippen LogP contribution in [0.15, 0.2) is 24.3 Å². The van der Waals surface area contributed by atoms with Gasteiger partial charge in [-0.3, -0.25) is 0 Å². The van der Waals surface area contributed by atoms with Gasteiger partial charge in [0, 0.05) is 18.7 Å². The van der Waals surface area contributed by atoms with Crippen molar-refractivity contribution < 1.29 is 4.74 Å². The summed E-state index contributed by atoms with van der Waals surface area (Å²) in [5, 5.41) is 21.4. The Kier molecular flexibility index (Phi) is 3.32. The van der Waals surface area contributed by atoms with Crippen LogP contribution < -0.4 is 4.90 Å². The lowest BCUT2D eigenvalue weighted by atomic mass is 10.2. The van der Waals surface area contributed by atoms with Crippen LogP contribution in [-0.4, -0.2) is 56.3 Å². The second-order valence-electron chi connectivity index (χ2n) is 4.81. The van der Waals surface area contributed by atoms with E-state index in [2.05, 4.69) is 25.5 Å². The molecule has 0 saturated carbocycles. The number of anilines is 1. The quantitative estimate of drug-likeness (QED) is 0.699. The number of ether oxygens (including phenoxy) is 1. The van der Waals surface area contributed by atoms with Crippen molar-refractivity contribution in [3.8, 4) is 11.4 Å². The first-order valence-electron chi connectivity index (χ1n) is 6.86. The summed E-state index contributed by atoms with van der Waals surface area (Å²) in [5.41, 5.74) is 0.755. The summed E-state index contributed by atoms with van der Waals surface area (Å²) in [6.45, 7) is 2.77. The molecule has 0 N–H and O–H groups in total. The number of morpholine rings is 1. The molecule has 3 aromatic rings. The zero-order valence-electron chi connectivity index (χ0n) is 11.6. The molecule has 1 fully saturated rings. The lowest BCUT2D eigenvalue weighted by Gasteiger charge is -2.25. The van der Waals surface area contributed by atoms with Crippen molar-refractivity contribution in [2.45, 2.75) is 0 Å². The van der Waals surface area contributed by atoms with Crippen molar-refractivity contribution in [2.75, 3.05) is 31.2 Å². The van der Waals surface area contributed by atoms with Crippen molar-refractivity contribution in [3.63, 3.8) is 0 Å². The Morgan fingerprint density at radius 1 is 1.00 bits per heavy atom. The van der Waals surface area contributed by atoms with Gasteiger partial charge in [0.15, 0.2) is 5.82 Å². The predicted octanol–water partition coefficient (Wildman–Crippen LogP) is 1.07. The lowest BCUT2D eigenvalue weighted by Crippen LogP contribution is -2.37. The largest absolute Gasteiger partial charge is 0.378 e. The Balaban J connectivity index is 1.81. The van der Waals surface area contributed by atoms with Crippen LogP contribution >= 0.6 is 11.6 Å². The molecule has 112 valence electrons. The van der Waals surface area contributed by atoms with Crippen LogP contribution in [0.2, 0.25) is 5.02 Å². The number of hydrogen-bond acceptors (Lipinski definition) is 7. The first kappa shape index (κ1) is 13.4. The Bertz CT molecular complexity index is 815. The number of rotatable bonds is 2. The molecule has 0 aliphatic carbocycles. The van der Waals surface area contributed by atoms with E-state index in [1.165, 1.54) is 0 Å². The Labute approximate surface area is 130 Å². The molecule has 1 saturated heterocycles. The van der Waals surface area contributed by atoms with Gasteiger partial charge in [0.05, 0.1) is 18.2 Å². The molecule has 1 aromatic carbocycles. The minimum Gasteiger partial charge on any atom is -0.378 e. The van der Waals surface area contributed by atoms with Crippen LogP contribution in [0.4, 0.5) is 5.95 Å². The molecule has 0 atom stereocenters. The van der Waals surface area contributed by atoms with E-state index in [1.807, 2.05) is 23.1 Å². The van der Waals surface area contributed by atoms with E-state index < -0.39 is 0 Å². The number of halogens is 1. The molecule has 0 unspecified atom stereocenters. The zero-order valence-corrected chi connectivity index (χ0v) is 12.3. The van der Waals surface area contributed by atoms with Crippen molar-refractivity contribution >= 4 is 23.3 Å². The van der Waals surface area contributed by atoms with E-state index in [0.29, 0.717) is 35.8 Å². The van der Waals surface area contributed by atoms with Gasteiger partial charge in [-0.15, -0.1) is 25.5 Å². The van der Waals surface area contributed by atoms with E-state index in [1.54, 1.807) is 10.6 Å². The highest BCUT2D eigenvalue weighted by Gasteiger charge is 2.18. The summed E-state index contributed by atoms with van der Waals surface area (Å²) in [7, 11) is 0. The molecular weight excluding hydrogens is 306 g/mol. The fraction of sp³-hybridized carbons (Fsp3) is 0.308. The number of hydrogen-bond donors (Lipinski definition) is 0. The van der Waals surface area contributed by atoms with Crippen LogP contribution in [0.25, 0.3) is 17.2 Å². The first-order chi connectivity index (χ1) is 10.8. The number of benzene rings is 1. The van der Waals surface area contributed by atoms with Gasteiger partial charge >= 0.3 is 0 Å². The molecule has 0 radical (unpaired) electrons. The molecule has 2 aromatic heterocycles. The van der Waals surface area contributed by atoms with Gasteiger partial charge in [0.25, 0.3) is 11.7 Å². The van der Waals surface area contributed by atoms with Gasteiger partial charge < -0.3 is 9.64 Å². The average Bonchev–Trinajstić information content (AvgIpc) is 2.99. The smallest absolute Gasteiger partial charge is 0.291 e. The van der Waals surface area contributed by atoms with E-state index in [-0.39, 0.29) is 0 Å². The summed E-state index contributed by atoms with van der Waals surface area (Å²) in [6, 6.07) is 7.42. The molecule has 0 amide bonds. The fourth-order valence-corrected chi connectivity index (χ4v) is 2.55. The molecule has 0 spiro atoms. The molecule has 22 heavy (non-hydrogen) atoms. The van der Waals surface area contributed by atoms with Crippen molar-refractivity contribution in [1.29, 1.82) is 0 Å². The maximum Gasteiger partial charge on any atom is 0.291 e. The van der Waals surface area contributed by atoms with Crippen LogP contribution in [0.1, 0.15) is 0 Å². The molecule has 1 aliphatic heterocycles. The van der Waals surface area contributed by atoms with Gasteiger partial charge in [-0.2, -0.15) is 4.52 Å². The summed E-state index contributed by atoms with van der Waals surface area (Å²) in [5.74, 6) is 1.42. The van der Waals surface area contributed by atoms with Gasteiger partial charge in [-0.25, -0.2) is 0 Å². The standard InChI is InChI=1S/C13H12ClN7O/c14-10-4-2-1-3-9(10)11-15-16-12-17-18-13(19-21(11)12)20-5-7-22-8-6-20/h1-4H,5-8H2. The van der Waals surface area contributed by atoms with Crippen LogP contribution in [0.3, 0.4) is 0 Å². The predicted molar refractivity (Wildman–Crippen MR) is 79.9 cm³/mol. The summed E-state index contributed by atoms with van der Waals surface area (Å²) in [4.78, 5) is 2.02. The first-order valence-corrected chi connectivity index (χ1v) is 7.24. The topological polar surface area (TPSA) is 81.3 Å². The average molecular weight is 318 g/mol. The van der Waals surface area contributed by atoms with E-state index in [9.17, 15) is 0 Å². The second-order valence-corrected chi connectivity index (χ2v) is 5.22. The molecule has 0 bridgehead atoms. The van der Waals surface area contributed by atoms with Gasteiger partial charge in [-0.1, -0.05) is 23.7 Å². The van der Waals surface area contributed by atoms with Gasteiger partial charge in [0.2, 0.25) is 0 Å². The van der Waals surface area contributed by atoms with E-state index in [0.717, 1.165) is 18.7 Å². The maximum absolute atomic E-state index is 6.23. The van der Waals surface area contributed by atoms with E-state index in [4.69, 9.17) is 16.3 Å². The molecule has 4 rings (SSSR count). The third-order valence-corrected chi connectivity index (χ3v) is 3.78. The van der Waals surface area contributed by atoms with Crippen LogP contribution in [-0.2, 0) is 4.74 Å². The second kappa shape index (κ2) is 5.47. The Morgan fingerprint density at radius 3 is 2.59 bits per heavy atom. The molecule has 1 aliphatic rings. The minimum atomic E-state index is 0.340. The highest BCUT2D eigenvalue weighted by atomic mass is 35.5. The van der Waals surface area contributed by atoms with Crippen molar-refractivity contribution in [2.24, 2.45) is 0 Å². The monoisotopic (exact) mass is 317 g/mol. The molecule has 8 nitrogen and oxygen atoms in total. The summed E-state index contributed by atoms with van der Waals surface area (Å²) in [6.07, 6.45) is 0. The minimum absolute atomic E-state index is 0.340. The van der Waals surface area contributed by atoms with E-state index >= 15 is 0 Å². The fourth-order valence-electron chi connectivity index (χ4n) is 2.33. The summed E-state index contributed by atoms with van der Waals surface area (Å²) >= 11 is 6.23. The molecule has 3 heterocycles. The van der Waals surface area contributed by atoms with Gasteiger partial charge in [-0.05, 0) is 12.1 Å².